The van der Waals surface area contributed by atoms with Crippen molar-refractivity contribution in [2.24, 2.45) is 0 Å². The molecular weight excluding hydrogens is 195 g/mol. The Morgan fingerprint density at radius 1 is 1.10 bits per heavy atom. The van der Waals surface area contributed by atoms with Gasteiger partial charge in [-0.15, -0.1) is 0 Å². The molecule has 2 nitrogen and oxygen atoms in total. The van der Waals surface area contributed by atoms with E-state index in [-0.39, 0.29) is 0 Å². The van der Waals surface area contributed by atoms with Crippen LogP contribution in [0.25, 0.3) is 0 Å². The Morgan fingerprint density at radius 2 is 1.60 bits per heavy atom. The van der Waals surface area contributed by atoms with E-state index in [2.05, 4.69) is 0 Å². The second kappa shape index (κ2) is 2.52. The Bertz CT molecular complexity index is 300. The first kappa shape index (κ1) is 7.45. The molecule has 0 atom stereocenters. The predicted octanol–water partition coefficient (Wildman–Crippen LogP) is 0.827. The van der Waals surface area contributed by atoms with Crippen molar-refractivity contribution in [2.75, 3.05) is 0 Å². The third-order valence-corrected chi connectivity index (χ3v) is 3.54. The number of hydrogen-bond donors (Lipinski definition) is 0. The average molecular weight is 203 g/mol. The SMILES string of the molecule is C[Se](=O)(=O)c1ccccc1. The van der Waals surface area contributed by atoms with Gasteiger partial charge in [-0.25, -0.2) is 0 Å². The van der Waals surface area contributed by atoms with Gasteiger partial charge in [-0.2, -0.15) is 0 Å². The Morgan fingerprint density at radius 3 is 1.90 bits per heavy atom. The second-order valence-corrected chi connectivity index (χ2v) is 6.31. The summed E-state index contributed by atoms with van der Waals surface area (Å²) in [6, 6.07) is 8.47. The van der Waals surface area contributed by atoms with Gasteiger partial charge < -0.3 is 0 Å². The molecule has 0 fully saturated rings. The van der Waals surface area contributed by atoms with Crippen LogP contribution in [0.1, 0.15) is 0 Å². The fourth-order valence-corrected chi connectivity index (χ4v) is 2.03. The molecule has 54 valence electrons. The Kier molecular flexibility index (Phi) is 1.88. The molecule has 0 aliphatic carbocycles. The van der Waals surface area contributed by atoms with Gasteiger partial charge in [0, 0.05) is 0 Å². The minimum absolute atomic E-state index is 0.443. The van der Waals surface area contributed by atoms with E-state index in [9.17, 15) is 7.67 Å². The van der Waals surface area contributed by atoms with Crippen molar-refractivity contribution in [3.63, 3.8) is 0 Å². The van der Waals surface area contributed by atoms with Crippen molar-refractivity contribution in [1.29, 1.82) is 0 Å². The van der Waals surface area contributed by atoms with E-state index in [1.54, 1.807) is 30.3 Å². The molecule has 1 rings (SSSR count). The van der Waals surface area contributed by atoms with Crippen LogP contribution in [0.4, 0.5) is 0 Å². The zero-order chi connectivity index (χ0) is 7.61. The molecule has 0 spiro atoms. The van der Waals surface area contributed by atoms with Crippen LogP contribution in [0.3, 0.4) is 0 Å². The molecule has 1 aromatic carbocycles. The summed E-state index contributed by atoms with van der Waals surface area (Å²) in [5.41, 5.74) is 0. The molecule has 0 amide bonds. The van der Waals surface area contributed by atoms with E-state index in [1.165, 1.54) is 5.82 Å². The molecule has 0 unspecified atom stereocenters. The zero-order valence-electron chi connectivity index (χ0n) is 5.61. The van der Waals surface area contributed by atoms with Gasteiger partial charge >= 0.3 is 61.0 Å². The van der Waals surface area contributed by atoms with Gasteiger partial charge in [-0.05, 0) is 0 Å². The van der Waals surface area contributed by atoms with E-state index in [0.29, 0.717) is 4.46 Å². The molecule has 10 heavy (non-hydrogen) atoms. The van der Waals surface area contributed by atoms with E-state index in [0.717, 1.165) is 0 Å². The van der Waals surface area contributed by atoms with Gasteiger partial charge in [0.15, 0.2) is 0 Å². The second-order valence-electron chi connectivity index (χ2n) is 2.09. The van der Waals surface area contributed by atoms with E-state index in [1.807, 2.05) is 0 Å². The van der Waals surface area contributed by atoms with Gasteiger partial charge in [0.25, 0.3) is 0 Å². The summed E-state index contributed by atoms with van der Waals surface area (Å²) in [5, 5.41) is 0. The van der Waals surface area contributed by atoms with Crippen LogP contribution < -0.4 is 4.46 Å². The normalized spacial score (nSPS) is 11.3. The summed E-state index contributed by atoms with van der Waals surface area (Å²) in [6.07, 6.45) is 0. The van der Waals surface area contributed by atoms with Crippen LogP contribution in [0, 0.1) is 0 Å². The van der Waals surface area contributed by atoms with Crippen LogP contribution in [0.2, 0.25) is 5.82 Å². The van der Waals surface area contributed by atoms with Crippen LogP contribution in [0.5, 0.6) is 0 Å². The number of rotatable bonds is 1. The van der Waals surface area contributed by atoms with Crippen molar-refractivity contribution in [3.05, 3.63) is 30.3 Å². The van der Waals surface area contributed by atoms with Gasteiger partial charge in [0.1, 0.15) is 0 Å². The van der Waals surface area contributed by atoms with Crippen molar-refractivity contribution in [1.82, 2.24) is 0 Å². The first-order valence-corrected chi connectivity index (χ1v) is 6.82. The molecule has 0 saturated carbocycles. The van der Waals surface area contributed by atoms with E-state index in [4.69, 9.17) is 0 Å². The molecule has 0 aromatic heterocycles. The monoisotopic (exact) mass is 204 g/mol. The molecule has 0 aliphatic heterocycles. The number of hydrogen-bond acceptors (Lipinski definition) is 2. The van der Waals surface area contributed by atoms with Gasteiger partial charge in [0.2, 0.25) is 0 Å². The Hall–Kier alpha value is -0.661. The molecular formula is C7H8O2Se. The van der Waals surface area contributed by atoms with Crippen LogP contribution in [-0.2, 0) is 7.67 Å². The standard InChI is InChI=1S/C7H8O2Se/c1-10(8,9)7-5-3-2-4-6-7/h2-6H,1H3. The average Bonchev–Trinajstić information content (AvgIpc) is 1.88. The van der Waals surface area contributed by atoms with Crippen molar-refractivity contribution >= 4 is 17.2 Å². The molecule has 0 aliphatic rings. The van der Waals surface area contributed by atoms with Crippen LogP contribution in [-0.4, -0.2) is 12.7 Å². The third-order valence-electron chi connectivity index (χ3n) is 1.17. The molecule has 0 heterocycles. The topological polar surface area (TPSA) is 34.1 Å². The molecule has 0 radical (unpaired) electrons. The van der Waals surface area contributed by atoms with Crippen molar-refractivity contribution < 1.29 is 7.67 Å². The molecule has 0 N–H and O–H groups in total. The van der Waals surface area contributed by atoms with Crippen molar-refractivity contribution in [3.8, 4) is 0 Å². The molecule has 0 bridgehead atoms. The number of benzene rings is 1. The predicted molar refractivity (Wildman–Crippen MR) is 39.1 cm³/mol. The summed E-state index contributed by atoms with van der Waals surface area (Å²) in [7, 11) is 0. The van der Waals surface area contributed by atoms with Gasteiger partial charge in [0.05, 0.1) is 0 Å². The van der Waals surface area contributed by atoms with Crippen molar-refractivity contribution in [2.45, 2.75) is 5.82 Å². The molecule has 1 aromatic rings. The summed E-state index contributed by atoms with van der Waals surface area (Å²) < 4.78 is 22.3. The summed E-state index contributed by atoms with van der Waals surface area (Å²) >= 11 is -3.70. The van der Waals surface area contributed by atoms with E-state index < -0.39 is 12.7 Å². The minimum atomic E-state index is -3.70. The first-order chi connectivity index (χ1) is 4.61. The third kappa shape index (κ3) is 1.66. The van der Waals surface area contributed by atoms with E-state index >= 15 is 0 Å². The van der Waals surface area contributed by atoms with Crippen LogP contribution in [0.15, 0.2) is 30.3 Å². The maximum atomic E-state index is 10.9. The molecule has 0 saturated heterocycles. The zero-order valence-corrected chi connectivity index (χ0v) is 7.32. The quantitative estimate of drug-likeness (QED) is 0.633. The van der Waals surface area contributed by atoms with Gasteiger partial charge in [-0.3, -0.25) is 0 Å². The summed E-state index contributed by atoms with van der Waals surface area (Å²) in [5.74, 6) is 1.27. The first-order valence-electron chi connectivity index (χ1n) is 2.86. The Balaban J connectivity index is 3.22. The summed E-state index contributed by atoms with van der Waals surface area (Å²) in [4.78, 5) is 0. The van der Waals surface area contributed by atoms with Crippen LogP contribution >= 0.6 is 0 Å². The fourth-order valence-electron chi connectivity index (χ4n) is 0.668. The Labute approximate surface area is 61.5 Å². The summed E-state index contributed by atoms with van der Waals surface area (Å²) in [6.45, 7) is 0. The fraction of sp³-hybridized carbons (Fsp3) is 0.143. The molecule has 3 heteroatoms. The van der Waals surface area contributed by atoms with Gasteiger partial charge in [-0.1, -0.05) is 0 Å². The maximum absolute atomic E-state index is 10.9.